The minimum atomic E-state index is -3.52. The lowest BCUT2D eigenvalue weighted by molar-refractivity contribution is 0.382. The van der Waals surface area contributed by atoms with Crippen LogP contribution in [0.25, 0.3) is 0 Å². The first-order valence-corrected chi connectivity index (χ1v) is 7.17. The molecule has 18 heavy (non-hydrogen) atoms. The van der Waals surface area contributed by atoms with Gasteiger partial charge in [-0.3, -0.25) is 0 Å². The van der Waals surface area contributed by atoms with Gasteiger partial charge in [-0.05, 0) is 12.1 Å². The summed E-state index contributed by atoms with van der Waals surface area (Å²) in [5, 5.41) is 0. The van der Waals surface area contributed by atoms with E-state index >= 15 is 0 Å². The van der Waals surface area contributed by atoms with Gasteiger partial charge in [-0.25, -0.2) is 8.42 Å². The van der Waals surface area contributed by atoms with Gasteiger partial charge >= 0.3 is 0 Å². The van der Waals surface area contributed by atoms with Crippen molar-refractivity contribution in [2.24, 2.45) is 0 Å². The van der Waals surface area contributed by atoms with Crippen LogP contribution in [-0.2, 0) is 10.0 Å². The van der Waals surface area contributed by atoms with Gasteiger partial charge in [-0.15, -0.1) is 0 Å². The number of hydrogen-bond donors (Lipinski definition) is 0. The van der Waals surface area contributed by atoms with Crippen molar-refractivity contribution < 1.29 is 17.9 Å². The first kappa shape index (κ1) is 14.8. The van der Waals surface area contributed by atoms with Gasteiger partial charge in [0.25, 0.3) is 0 Å². The summed E-state index contributed by atoms with van der Waals surface area (Å²) in [5.74, 6) is 0.853. The van der Waals surface area contributed by atoms with Crippen LogP contribution in [0.3, 0.4) is 0 Å². The molecular formula is C12H19NO4S. The second kappa shape index (κ2) is 6.06. The van der Waals surface area contributed by atoms with Crippen molar-refractivity contribution >= 4 is 10.0 Å². The number of sulfonamides is 1. The van der Waals surface area contributed by atoms with Gasteiger partial charge in [0.2, 0.25) is 10.0 Å². The summed E-state index contributed by atoms with van der Waals surface area (Å²) in [6.07, 6.45) is 0. The molecule has 0 aliphatic heterocycles. The Morgan fingerprint density at radius 3 is 2.17 bits per heavy atom. The van der Waals surface area contributed by atoms with E-state index in [1.54, 1.807) is 26.0 Å². The van der Waals surface area contributed by atoms with E-state index in [4.69, 9.17) is 9.47 Å². The van der Waals surface area contributed by atoms with Crippen LogP contribution in [0.15, 0.2) is 23.1 Å². The Labute approximate surface area is 108 Å². The second-order valence-corrected chi connectivity index (χ2v) is 5.51. The SMILES string of the molecule is CCN(CC)S(=O)(=O)c1ccc(OC)cc1OC. The minimum Gasteiger partial charge on any atom is -0.497 e. The van der Waals surface area contributed by atoms with Crippen LogP contribution < -0.4 is 9.47 Å². The number of rotatable bonds is 6. The van der Waals surface area contributed by atoms with E-state index in [-0.39, 0.29) is 4.90 Å². The van der Waals surface area contributed by atoms with Crippen molar-refractivity contribution in [1.29, 1.82) is 0 Å². The molecule has 6 heteroatoms. The number of nitrogens with zero attached hydrogens (tertiary/aromatic N) is 1. The fraction of sp³-hybridized carbons (Fsp3) is 0.500. The Hall–Kier alpha value is -1.27. The average molecular weight is 273 g/mol. The maximum Gasteiger partial charge on any atom is 0.246 e. The van der Waals surface area contributed by atoms with Crippen molar-refractivity contribution in [2.75, 3.05) is 27.3 Å². The van der Waals surface area contributed by atoms with E-state index in [0.717, 1.165) is 0 Å². The fourth-order valence-electron chi connectivity index (χ4n) is 1.69. The van der Waals surface area contributed by atoms with E-state index in [1.807, 2.05) is 0 Å². The predicted molar refractivity (Wildman–Crippen MR) is 69.7 cm³/mol. The molecule has 0 saturated carbocycles. The van der Waals surface area contributed by atoms with Crippen LogP contribution in [0.4, 0.5) is 0 Å². The molecule has 0 N–H and O–H groups in total. The lowest BCUT2D eigenvalue weighted by Crippen LogP contribution is -2.30. The highest BCUT2D eigenvalue weighted by atomic mass is 32.2. The fourth-order valence-corrected chi connectivity index (χ4v) is 3.29. The summed E-state index contributed by atoms with van der Waals surface area (Å²) in [4.78, 5) is 0.162. The summed E-state index contributed by atoms with van der Waals surface area (Å²) >= 11 is 0. The Balaban J connectivity index is 3.32. The first-order valence-electron chi connectivity index (χ1n) is 5.73. The van der Waals surface area contributed by atoms with E-state index in [2.05, 4.69) is 0 Å². The molecular weight excluding hydrogens is 254 g/mol. The Kier molecular flexibility index (Phi) is 4.98. The maximum atomic E-state index is 12.4. The smallest absolute Gasteiger partial charge is 0.246 e. The van der Waals surface area contributed by atoms with Crippen molar-refractivity contribution in [3.63, 3.8) is 0 Å². The van der Waals surface area contributed by atoms with Crippen molar-refractivity contribution in [3.8, 4) is 11.5 Å². The summed E-state index contributed by atoms with van der Waals surface area (Å²) in [5.41, 5.74) is 0. The van der Waals surface area contributed by atoms with Gasteiger partial charge in [0.1, 0.15) is 16.4 Å². The molecule has 1 aromatic rings. The zero-order valence-electron chi connectivity index (χ0n) is 11.1. The quantitative estimate of drug-likeness (QED) is 0.792. The lowest BCUT2D eigenvalue weighted by Gasteiger charge is -2.20. The van der Waals surface area contributed by atoms with Crippen LogP contribution >= 0.6 is 0 Å². The second-order valence-electron chi connectivity index (χ2n) is 3.61. The third-order valence-electron chi connectivity index (χ3n) is 2.69. The van der Waals surface area contributed by atoms with Gasteiger partial charge in [0, 0.05) is 19.2 Å². The molecule has 0 atom stereocenters. The average Bonchev–Trinajstić information content (AvgIpc) is 2.38. The predicted octanol–water partition coefficient (Wildman–Crippen LogP) is 1.73. The molecule has 0 bridgehead atoms. The van der Waals surface area contributed by atoms with Gasteiger partial charge in [-0.1, -0.05) is 13.8 Å². The topological polar surface area (TPSA) is 55.8 Å². The van der Waals surface area contributed by atoms with Crippen LogP contribution in [0.2, 0.25) is 0 Å². The molecule has 0 fully saturated rings. The lowest BCUT2D eigenvalue weighted by atomic mass is 10.3. The van der Waals surface area contributed by atoms with E-state index in [1.165, 1.54) is 24.6 Å². The highest BCUT2D eigenvalue weighted by Gasteiger charge is 2.25. The van der Waals surface area contributed by atoms with Crippen molar-refractivity contribution in [3.05, 3.63) is 18.2 Å². The molecule has 0 radical (unpaired) electrons. The Bertz CT molecular complexity index is 495. The maximum absolute atomic E-state index is 12.4. The van der Waals surface area contributed by atoms with Crippen LogP contribution in [-0.4, -0.2) is 40.0 Å². The molecule has 0 aliphatic rings. The van der Waals surface area contributed by atoms with E-state index < -0.39 is 10.0 Å². The Morgan fingerprint density at radius 1 is 1.11 bits per heavy atom. The van der Waals surface area contributed by atoms with Gasteiger partial charge in [0.05, 0.1) is 14.2 Å². The third-order valence-corrected chi connectivity index (χ3v) is 4.78. The molecule has 0 amide bonds. The highest BCUT2D eigenvalue weighted by molar-refractivity contribution is 7.89. The largest absolute Gasteiger partial charge is 0.497 e. The summed E-state index contributed by atoms with van der Waals surface area (Å²) in [6, 6.07) is 4.68. The molecule has 1 rings (SSSR count). The van der Waals surface area contributed by atoms with E-state index in [0.29, 0.717) is 24.6 Å². The van der Waals surface area contributed by atoms with Gasteiger partial charge in [0.15, 0.2) is 0 Å². The monoisotopic (exact) mass is 273 g/mol. The molecule has 0 heterocycles. The molecule has 0 aromatic heterocycles. The van der Waals surface area contributed by atoms with Gasteiger partial charge < -0.3 is 9.47 Å². The van der Waals surface area contributed by atoms with E-state index in [9.17, 15) is 8.42 Å². The molecule has 102 valence electrons. The highest BCUT2D eigenvalue weighted by Crippen LogP contribution is 2.30. The number of methoxy groups -OCH3 is 2. The number of hydrogen-bond acceptors (Lipinski definition) is 4. The molecule has 0 saturated heterocycles. The summed E-state index contributed by atoms with van der Waals surface area (Å²) in [7, 11) is -0.554. The molecule has 1 aromatic carbocycles. The molecule has 5 nitrogen and oxygen atoms in total. The first-order chi connectivity index (χ1) is 8.51. The standard InChI is InChI=1S/C12H19NO4S/c1-5-13(6-2)18(14,15)12-8-7-10(16-3)9-11(12)17-4/h7-9H,5-6H2,1-4H3. The third kappa shape index (κ3) is 2.76. The van der Waals surface area contributed by atoms with Crippen molar-refractivity contribution in [1.82, 2.24) is 4.31 Å². The minimum absolute atomic E-state index is 0.162. The summed E-state index contributed by atoms with van der Waals surface area (Å²) < 4.78 is 36.3. The number of benzene rings is 1. The summed E-state index contributed by atoms with van der Waals surface area (Å²) in [6.45, 7) is 4.45. The molecule has 0 unspecified atom stereocenters. The van der Waals surface area contributed by atoms with Crippen LogP contribution in [0.1, 0.15) is 13.8 Å². The Morgan fingerprint density at radius 2 is 1.72 bits per heavy atom. The molecule has 0 spiro atoms. The number of ether oxygens (including phenoxy) is 2. The van der Waals surface area contributed by atoms with Crippen LogP contribution in [0.5, 0.6) is 11.5 Å². The normalized spacial score (nSPS) is 11.6. The zero-order chi connectivity index (χ0) is 13.8. The molecule has 0 aliphatic carbocycles. The van der Waals surface area contributed by atoms with Crippen LogP contribution in [0, 0.1) is 0 Å². The zero-order valence-corrected chi connectivity index (χ0v) is 12.0. The van der Waals surface area contributed by atoms with Gasteiger partial charge in [-0.2, -0.15) is 4.31 Å². The van der Waals surface area contributed by atoms with Crippen molar-refractivity contribution in [2.45, 2.75) is 18.7 Å².